The topological polar surface area (TPSA) is 35.5 Å². The summed E-state index contributed by atoms with van der Waals surface area (Å²) in [5, 5.41) is 13.7. The average molecular weight is 224 g/mol. The third-order valence-corrected chi connectivity index (χ3v) is 4.98. The lowest BCUT2D eigenvalue weighted by Gasteiger charge is -2.37. The lowest BCUT2D eigenvalue weighted by atomic mass is 9.88. The predicted molar refractivity (Wildman–Crippen MR) is 64.4 cm³/mol. The van der Waals surface area contributed by atoms with E-state index in [1.54, 1.807) is 0 Å². The van der Waals surface area contributed by atoms with Gasteiger partial charge in [0.05, 0.1) is 12.1 Å². The highest BCUT2D eigenvalue weighted by molar-refractivity contribution is 5.09. The van der Waals surface area contributed by atoms with Crippen molar-refractivity contribution < 1.29 is 5.11 Å². The van der Waals surface area contributed by atoms with Crippen LogP contribution in [0.3, 0.4) is 0 Å². The minimum atomic E-state index is 0.0332. The Kier molecular flexibility index (Phi) is 2.94. The first-order valence-corrected chi connectivity index (χ1v) is 6.97. The molecule has 3 nitrogen and oxygen atoms in total. The van der Waals surface area contributed by atoms with Crippen LogP contribution in [-0.2, 0) is 0 Å². The molecule has 0 aromatic rings. The summed E-state index contributed by atoms with van der Waals surface area (Å²) in [5.41, 5.74) is 0.0332. The highest BCUT2D eigenvalue weighted by Crippen LogP contribution is 2.37. The lowest BCUT2D eigenvalue weighted by Crippen LogP contribution is -2.58. The highest BCUT2D eigenvalue weighted by Gasteiger charge is 2.49. The fourth-order valence-corrected chi connectivity index (χ4v) is 4.10. The molecule has 0 amide bonds. The molecule has 0 aromatic carbocycles. The Labute approximate surface area is 98.2 Å². The fourth-order valence-electron chi connectivity index (χ4n) is 4.10. The van der Waals surface area contributed by atoms with Crippen molar-refractivity contribution >= 4 is 0 Å². The first kappa shape index (κ1) is 11.0. The maximum absolute atomic E-state index is 9.83. The summed E-state index contributed by atoms with van der Waals surface area (Å²) in [7, 11) is 0. The lowest BCUT2D eigenvalue weighted by molar-refractivity contribution is 0.115. The van der Waals surface area contributed by atoms with Crippen LogP contribution < -0.4 is 5.32 Å². The van der Waals surface area contributed by atoms with Gasteiger partial charge in [0.1, 0.15) is 0 Å². The minimum absolute atomic E-state index is 0.0332. The van der Waals surface area contributed by atoms with Crippen molar-refractivity contribution in [3.63, 3.8) is 0 Å². The monoisotopic (exact) mass is 224 g/mol. The number of hydrogen-bond acceptors (Lipinski definition) is 3. The Morgan fingerprint density at radius 3 is 2.69 bits per heavy atom. The van der Waals surface area contributed by atoms with Crippen LogP contribution in [0.5, 0.6) is 0 Å². The zero-order valence-electron chi connectivity index (χ0n) is 10.1. The molecular formula is C13H24N2O. The maximum atomic E-state index is 9.83. The summed E-state index contributed by atoms with van der Waals surface area (Å²) in [6.07, 6.45) is 9.10. The molecule has 3 fully saturated rings. The molecule has 2 heterocycles. The molecule has 0 bridgehead atoms. The van der Waals surface area contributed by atoms with Crippen LogP contribution in [0.1, 0.15) is 44.9 Å². The largest absolute Gasteiger partial charge is 0.394 e. The molecule has 1 saturated carbocycles. The molecule has 2 saturated heterocycles. The van der Waals surface area contributed by atoms with E-state index in [1.807, 2.05) is 0 Å². The molecule has 2 atom stereocenters. The Balaban J connectivity index is 1.72. The summed E-state index contributed by atoms with van der Waals surface area (Å²) in [5.74, 6) is 0. The van der Waals surface area contributed by atoms with Gasteiger partial charge in [-0.1, -0.05) is 12.8 Å². The zero-order chi connectivity index (χ0) is 11.0. The fraction of sp³-hybridized carbons (Fsp3) is 1.00. The molecule has 3 heteroatoms. The van der Waals surface area contributed by atoms with Gasteiger partial charge in [0, 0.05) is 18.6 Å². The molecule has 2 N–H and O–H groups in total. The Morgan fingerprint density at radius 1 is 1.12 bits per heavy atom. The van der Waals surface area contributed by atoms with E-state index in [2.05, 4.69) is 10.2 Å². The first-order chi connectivity index (χ1) is 7.84. The molecule has 0 spiro atoms. The van der Waals surface area contributed by atoms with E-state index in [1.165, 1.54) is 51.6 Å². The summed E-state index contributed by atoms with van der Waals surface area (Å²) >= 11 is 0. The standard InChI is InChI=1S/C13H24N2O/c16-10-13(14-11-4-1-2-5-11)7-9-15-8-3-6-12(13)15/h11-12,14,16H,1-10H2. The summed E-state index contributed by atoms with van der Waals surface area (Å²) in [4.78, 5) is 2.58. The average Bonchev–Trinajstić information content (AvgIpc) is 2.98. The second-order valence-corrected chi connectivity index (χ2v) is 5.88. The molecule has 1 aliphatic carbocycles. The van der Waals surface area contributed by atoms with Crippen LogP contribution in [0.2, 0.25) is 0 Å². The van der Waals surface area contributed by atoms with Crippen LogP contribution in [0.15, 0.2) is 0 Å². The molecule has 3 aliphatic rings. The molecule has 0 radical (unpaired) electrons. The second kappa shape index (κ2) is 4.28. The normalized spacial score (nSPS) is 40.7. The van der Waals surface area contributed by atoms with Gasteiger partial charge in [-0.05, 0) is 38.6 Å². The molecule has 92 valence electrons. The van der Waals surface area contributed by atoms with Crippen molar-refractivity contribution in [1.29, 1.82) is 0 Å². The van der Waals surface area contributed by atoms with E-state index in [0.717, 1.165) is 6.42 Å². The highest BCUT2D eigenvalue weighted by atomic mass is 16.3. The van der Waals surface area contributed by atoms with E-state index in [9.17, 15) is 5.11 Å². The molecule has 0 aromatic heterocycles. The van der Waals surface area contributed by atoms with Crippen LogP contribution in [0.4, 0.5) is 0 Å². The van der Waals surface area contributed by atoms with Crippen molar-refractivity contribution in [3.8, 4) is 0 Å². The van der Waals surface area contributed by atoms with Crippen molar-refractivity contribution in [1.82, 2.24) is 10.2 Å². The molecular weight excluding hydrogens is 200 g/mol. The van der Waals surface area contributed by atoms with Gasteiger partial charge < -0.3 is 10.4 Å². The zero-order valence-corrected chi connectivity index (χ0v) is 10.1. The van der Waals surface area contributed by atoms with E-state index in [4.69, 9.17) is 0 Å². The predicted octanol–water partition coefficient (Wildman–Crippen LogP) is 1.12. The van der Waals surface area contributed by atoms with Gasteiger partial charge in [-0.2, -0.15) is 0 Å². The quantitative estimate of drug-likeness (QED) is 0.754. The van der Waals surface area contributed by atoms with Crippen molar-refractivity contribution in [2.75, 3.05) is 19.7 Å². The minimum Gasteiger partial charge on any atom is -0.394 e. The number of fused-ring (bicyclic) bond motifs is 1. The Morgan fingerprint density at radius 2 is 1.94 bits per heavy atom. The molecule has 3 rings (SSSR count). The van der Waals surface area contributed by atoms with Crippen molar-refractivity contribution in [3.05, 3.63) is 0 Å². The number of aliphatic hydroxyl groups is 1. The van der Waals surface area contributed by atoms with Gasteiger partial charge in [0.2, 0.25) is 0 Å². The van der Waals surface area contributed by atoms with E-state index in [0.29, 0.717) is 18.7 Å². The number of aliphatic hydroxyl groups excluding tert-OH is 1. The van der Waals surface area contributed by atoms with Gasteiger partial charge in [-0.25, -0.2) is 0 Å². The SMILES string of the molecule is OCC1(NC2CCCC2)CCN2CCCC21. The Hall–Kier alpha value is -0.120. The van der Waals surface area contributed by atoms with Gasteiger partial charge in [-0.15, -0.1) is 0 Å². The van der Waals surface area contributed by atoms with Crippen molar-refractivity contribution in [2.45, 2.75) is 62.6 Å². The first-order valence-electron chi connectivity index (χ1n) is 6.97. The summed E-state index contributed by atoms with van der Waals surface area (Å²) in [6.45, 7) is 2.76. The van der Waals surface area contributed by atoms with Gasteiger partial charge in [-0.3, -0.25) is 4.90 Å². The summed E-state index contributed by atoms with van der Waals surface area (Å²) in [6, 6.07) is 1.28. The van der Waals surface area contributed by atoms with Gasteiger partial charge in [0.15, 0.2) is 0 Å². The van der Waals surface area contributed by atoms with Crippen molar-refractivity contribution in [2.24, 2.45) is 0 Å². The van der Waals surface area contributed by atoms with Crippen LogP contribution in [0, 0.1) is 0 Å². The van der Waals surface area contributed by atoms with E-state index < -0.39 is 0 Å². The van der Waals surface area contributed by atoms with Crippen LogP contribution in [-0.4, -0.2) is 47.3 Å². The number of rotatable bonds is 3. The second-order valence-electron chi connectivity index (χ2n) is 5.88. The number of nitrogens with one attached hydrogen (secondary N) is 1. The summed E-state index contributed by atoms with van der Waals surface area (Å²) < 4.78 is 0. The smallest absolute Gasteiger partial charge is 0.0629 e. The number of nitrogens with zero attached hydrogens (tertiary/aromatic N) is 1. The van der Waals surface area contributed by atoms with E-state index >= 15 is 0 Å². The third kappa shape index (κ3) is 1.69. The number of hydrogen-bond donors (Lipinski definition) is 2. The molecule has 2 aliphatic heterocycles. The van der Waals surface area contributed by atoms with Gasteiger partial charge in [0.25, 0.3) is 0 Å². The van der Waals surface area contributed by atoms with E-state index in [-0.39, 0.29) is 5.54 Å². The van der Waals surface area contributed by atoms with Gasteiger partial charge >= 0.3 is 0 Å². The third-order valence-electron chi connectivity index (χ3n) is 4.98. The molecule has 16 heavy (non-hydrogen) atoms. The molecule has 2 unspecified atom stereocenters. The maximum Gasteiger partial charge on any atom is 0.0629 e. The Bertz CT molecular complexity index is 252. The van der Waals surface area contributed by atoms with Crippen LogP contribution >= 0.6 is 0 Å². The van der Waals surface area contributed by atoms with Crippen LogP contribution in [0.25, 0.3) is 0 Å².